The minimum absolute atomic E-state index is 0.0265. The molecule has 0 bridgehead atoms. The van der Waals surface area contributed by atoms with Gasteiger partial charge in [0.05, 0.1) is 32.6 Å². The highest BCUT2D eigenvalue weighted by molar-refractivity contribution is 7.91. The summed E-state index contributed by atoms with van der Waals surface area (Å²) >= 11 is 0. The Balaban J connectivity index is 1.36. The van der Waals surface area contributed by atoms with Gasteiger partial charge in [0.25, 0.3) is 5.91 Å². The molecule has 5 rings (SSSR count). The molecule has 2 aliphatic carbocycles. The number of methoxy groups -OCH3 is 1. The zero-order chi connectivity index (χ0) is 32.5. The number of hydroxylamine groups is 2. The van der Waals surface area contributed by atoms with Gasteiger partial charge in [0.15, 0.2) is 0 Å². The van der Waals surface area contributed by atoms with Crippen molar-refractivity contribution in [3.63, 3.8) is 0 Å². The predicted molar refractivity (Wildman–Crippen MR) is 160 cm³/mol. The summed E-state index contributed by atoms with van der Waals surface area (Å²) in [6, 6.07) is 5.39. The molecule has 1 aromatic carbocycles. The lowest BCUT2D eigenvalue weighted by molar-refractivity contribution is -0.139. The van der Waals surface area contributed by atoms with Crippen molar-refractivity contribution in [3.05, 3.63) is 43.1 Å². The van der Waals surface area contributed by atoms with Gasteiger partial charge < -0.3 is 25.0 Å². The number of likely N-dealkylation sites (tertiary alicyclic amines) is 1. The van der Waals surface area contributed by atoms with E-state index in [1.807, 2.05) is 6.07 Å². The first-order valence-corrected chi connectivity index (χ1v) is 15.9. The van der Waals surface area contributed by atoms with E-state index in [1.165, 1.54) is 25.1 Å². The topological polar surface area (TPSA) is 186 Å². The molecule has 0 radical (unpaired) electrons. The van der Waals surface area contributed by atoms with Crippen molar-refractivity contribution in [1.29, 1.82) is 0 Å². The molecule has 2 heterocycles. The third kappa shape index (κ3) is 6.66. The van der Waals surface area contributed by atoms with Gasteiger partial charge in [0.2, 0.25) is 27.7 Å². The number of hydrogen-bond donors (Lipinski definition) is 3. The Bertz CT molecular complexity index is 1630. The first kappa shape index (κ1) is 32.0. The molecule has 5 amide bonds. The van der Waals surface area contributed by atoms with Crippen molar-refractivity contribution < 1.29 is 41.9 Å². The van der Waals surface area contributed by atoms with E-state index < -0.39 is 69.2 Å². The number of benzene rings is 1. The number of carbonyl (C=O) groups is 4. The van der Waals surface area contributed by atoms with Crippen LogP contribution in [-0.2, 0) is 29.2 Å². The third-order valence-corrected chi connectivity index (χ3v) is 10.1. The van der Waals surface area contributed by atoms with Gasteiger partial charge in [-0.2, -0.15) is 0 Å². The molecule has 4 atom stereocenters. The number of nitrogens with one attached hydrogen (secondary N) is 3. The van der Waals surface area contributed by atoms with E-state index in [9.17, 15) is 27.6 Å². The van der Waals surface area contributed by atoms with Gasteiger partial charge in [-0.15, -0.1) is 6.58 Å². The predicted octanol–water partition coefficient (Wildman–Crippen LogP) is 0.464. The SMILES string of the molecule is C=C[C@@H]1C[C@]1(NC(=O)[C@@H]1C[C@@H](Oc2nccc3cc(OC)ccc23)CN1C(=O)CNC(=O)N(C)OC)C(=O)NS(=O)(=O)C1CC1. The van der Waals surface area contributed by atoms with Crippen LogP contribution in [0.5, 0.6) is 11.6 Å². The van der Waals surface area contributed by atoms with Crippen LogP contribution in [-0.4, -0.2) is 104 Å². The normalized spacial score (nSPS) is 24.0. The highest BCUT2D eigenvalue weighted by Crippen LogP contribution is 2.45. The van der Waals surface area contributed by atoms with E-state index in [1.54, 1.807) is 31.5 Å². The number of ether oxygens (including phenoxy) is 2. The Morgan fingerprint density at radius 1 is 1.20 bits per heavy atom. The maximum Gasteiger partial charge on any atom is 0.341 e. The smallest absolute Gasteiger partial charge is 0.341 e. The minimum Gasteiger partial charge on any atom is -0.497 e. The number of nitrogens with zero attached hydrogens (tertiary/aromatic N) is 3. The monoisotopic (exact) mass is 644 g/mol. The number of carbonyl (C=O) groups excluding carboxylic acids is 4. The van der Waals surface area contributed by atoms with E-state index in [4.69, 9.17) is 14.3 Å². The van der Waals surface area contributed by atoms with Crippen LogP contribution < -0.4 is 24.8 Å². The van der Waals surface area contributed by atoms with Crippen LogP contribution in [0.15, 0.2) is 43.1 Å². The van der Waals surface area contributed by atoms with Crippen molar-refractivity contribution in [2.45, 2.75) is 48.6 Å². The number of fused-ring (bicyclic) bond motifs is 1. The van der Waals surface area contributed by atoms with Crippen molar-refractivity contribution in [3.8, 4) is 11.6 Å². The highest BCUT2D eigenvalue weighted by Gasteiger charge is 2.61. The lowest BCUT2D eigenvalue weighted by Crippen LogP contribution is -2.57. The molecule has 2 saturated carbocycles. The Hall–Kier alpha value is -4.44. The van der Waals surface area contributed by atoms with E-state index in [0.29, 0.717) is 29.9 Å². The van der Waals surface area contributed by atoms with Gasteiger partial charge in [-0.05, 0) is 48.9 Å². The summed E-state index contributed by atoms with van der Waals surface area (Å²) in [4.78, 5) is 63.0. The molecule has 1 saturated heterocycles. The first-order valence-electron chi connectivity index (χ1n) is 14.4. The molecule has 1 aromatic heterocycles. The van der Waals surface area contributed by atoms with Gasteiger partial charge in [0.1, 0.15) is 23.4 Å². The lowest BCUT2D eigenvalue weighted by atomic mass is 10.1. The fourth-order valence-electron chi connectivity index (χ4n) is 5.38. The van der Waals surface area contributed by atoms with Crippen LogP contribution in [0.4, 0.5) is 4.79 Å². The zero-order valence-corrected chi connectivity index (χ0v) is 26.0. The fourth-order valence-corrected chi connectivity index (χ4v) is 6.74. The average molecular weight is 645 g/mol. The number of aromatic nitrogens is 1. The van der Waals surface area contributed by atoms with E-state index in [-0.39, 0.29) is 19.4 Å². The summed E-state index contributed by atoms with van der Waals surface area (Å²) in [7, 11) is 0.342. The van der Waals surface area contributed by atoms with Crippen LogP contribution in [0.2, 0.25) is 0 Å². The quantitative estimate of drug-likeness (QED) is 0.217. The molecule has 2 aromatic rings. The van der Waals surface area contributed by atoms with Crippen LogP contribution >= 0.6 is 0 Å². The second kappa shape index (κ2) is 12.5. The highest BCUT2D eigenvalue weighted by atomic mass is 32.2. The number of urea groups is 1. The number of hydrogen-bond acceptors (Lipinski definition) is 10. The largest absolute Gasteiger partial charge is 0.497 e. The van der Waals surface area contributed by atoms with Crippen molar-refractivity contribution >= 4 is 44.5 Å². The van der Waals surface area contributed by atoms with Gasteiger partial charge in [0, 0.05) is 31.0 Å². The van der Waals surface area contributed by atoms with E-state index >= 15 is 0 Å². The van der Waals surface area contributed by atoms with E-state index in [0.717, 1.165) is 10.4 Å². The Morgan fingerprint density at radius 2 is 1.96 bits per heavy atom. The van der Waals surface area contributed by atoms with Gasteiger partial charge in [-0.1, -0.05) is 6.08 Å². The third-order valence-electron chi connectivity index (χ3n) is 8.30. The molecule has 45 heavy (non-hydrogen) atoms. The van der Waals surface area contributed by atoms with E-state index in [2.05, 4.69) is 26.9 Å². The van der Waals surface area contributed by atoms with Crippen LogP contribution in [0, 0.1) is 5.92 Å². The maximum absolute atomic E-state index is 13.8. The molecule has 242 valence electrons. The van der Waals surface area contributed by atoms with Gasteiger partial charge in [-0.25, -0.2) is 23.3 Å². The molecule has 3 N–H and O–H groups in total. The maximum atomic E-state index is 13.8. The molecule has 16 heteroatoms. The Morgan fingerprint density at radius 3 is 2.60 bits per heavy atom. The summed E-state index contributed by atoms with van der Waals surface area (Å²) in [5.74, 6) is -1.67. The lowest BCUT2D eigenvalue weighted by Gasteiger charge is -2.26. The number of pyridine rings is 1. The minimum atomic E-state index is -3.87. The summed E-state index contributed by atoms with van der Waals surface area (Å²) in [6.07, 6.45) is 3.48. The van der Waals surface area contributed by atoms with Crippen molar-refractivity contribution in [2.75, 3.05) is 34.4 Å². The summed E-state index contributed by atoms with van der Waals surface area (Å²) in [5, 5.41) is 6.92. The summed E-state index contributed by atoms with van der Waals surface area (Å²) < 4.78 is 38.6. The van der Waals surface area contributed by atoms with Crippen molar-refractivity contribution in [1.82, 2.24) is 30.3 Å². The molecule has 0 spiro atoms. The number of amides is 5. The summed E-state index contributed by atoms with van der Waals surface area (Å²) in [5.41, 5.74) is -1.53. The van der Waals surface area contributed by atoms with Gasteiger partial charge in [-0.3, -0.25) is 23.9 Å². The molecule has 3 fully saturated rings. The first-order chi connectivity index (χ1) is 21.4. The summed E-state index contributed by atoms with van der Waals surface area (Å²) in [6.45, 7) is 3.24. The molecule has 0 unspecified atom stereocenters. The number of sulfonamides is 1. The van der Waals surface area contributed by atoms with Crippen LogP contribution in [0.1, 0.15) is 25.7 Å². The zero-order valence-electron chi connectivity index (χ0n) is 25.1. The van der Waals surface area contributed by atoms with Crippen LogP contribution in [0.25, 0.3) is 10.8 Å². The molecular weight excluding hydrogens is 608 g/mol. The van der Waals surface area contributed by atoms with Gasteiger partial charge >= 0.3 is 6.03 Å². The average Bonchev–Trinajstić information content (AvgIpc) is 3.95. The molecular formula is C29H36N6O9S. The fraction of sp³-hybridized carbons (Fsp3) is 0.483. The number of rotatable bonds is 12. The Labute approximate surface area is 260 Å². The standard InChI is InChI=1S/C29H36N6O9S/c1-5-18-14-29(18,27(38)33-45(40,41)21-7-8-21)32-25(37)23-13-20(16-35(23)24(36)15-31-28(39)34(2)43-4)44-26-22-9-6-19(42-3)12-17(22)10-11-30-26/h5-6,9-12,18,20-21,23H,1,7-8,13-16H2,2-4H3,(H,31,39)(H,32,37)(H,33,38)/t18-,20-,23+,29-/m1/s1. The van der Waals surface area contributed by atoms with Crippen LogP contribution in [0.3, 0.4) is 0 Å². The molecule has 1 aliphatic heterocycles. The second-order valence-electron chi connectivity index (χ2n) is 11.3. The van der Waals surface area contributed by atoms with Crippen molar-refractivity contribution in [2.24, 2.45) is 5.92 Å². The second-order valence-corrected chi connectivity index (χ2v) is 13.2. The molecule has 15 nitrogen and oxygen atoms in total. The Kier molecular flexibility index (Phi) is 8.89. The molecule has 3 aliphatic rings.